The Kier molecular flexibility index (Phi) is 4.48. The first-order chi connectivity index (χ1) is 15.0. The van der Waals surface area contributed by atoms with E-state index in [2.05, 4.69) is 27.1 Å². The van der Waals surface area contributed by atoms with Crippen molar-refractivity contribution in [3.8, 4) is 17.2 Å². The summed E-state index contributed by atoms with van der Waals surface area (Å²) >= 11 is 0. The third-order valence-electron chi connectivity index (χ3n) is 5.85. The number of pyridine rings is 1. The maximum absolute atomic E-state index is 12.2. The molecule has 4 aromatic rings. The van der Waals surface area contributed by atoms with E-state index in [9.17, 15) is 10.1 Å². The maximum Gasteiger partial charge on any atom is 0.274 e. The summed E-state index contributed by atoms with van der Waals surface area (Å²) < 4.78 is 1.35. The molecule has 0 bridgehead atoms. The van der Waals surface area contributed by atoms with E-state index in [4.69, 9.17) is 4.98 Å². The quantitative estimate of drug-likeness (QED) is 0.506. The molecule has 0 spiro atoms. The molecule has 0 N–H and O–H groups in total. The Labute approximate surface area is 179 Å². The highest BCUT2D eigenvalue weighted by atomic mass is 16.1. The molecule has 31 heavy (non-hydrogen) atoms. The summed E-state index contributed by atoms with van der Waals surface area (Å²) in [6, 6.07) is 13.5. The minimum atomic E-state index is -0.194. The van der Waals surface area contributed by atoms with Gasteiger partial charge in [0.2, 0.25) is 0 Å². The zero-order valence-corrected chi connectivity index (χ0v) is 17.3. The molecular formula is C24H20N6O. The van der Waals surface area contributed by atoms with Crippen LogP contribution in [0.5, 0.6) is 0 Å². The van der Waals surface area contributed by atoms with Gasteiger partial charge < -0.3 is 4.90 Å². The van der Waals surface area contributed by atoms with Crippen LogP contribution in [0.2, 0.25) is 0 Å². The molecule has 0 saturated heterocycles. The van der Waals surface area contributed by atoms with E-state index in [0.717, 1.165) is 52.3 Å². The first kappa shape index (κ1) is 18.9. The largest absolute Gasteiger partial charge is 0.350 e. The standard InChI is InChI=1S/C24H20N6O/c1-15-10-22-26-8-6-23(31)30(22)28-24(15)29-9-7-21-19(14-29)11-18(13-27-21)20-5-3-4-17(12-25)16(20)2/h3-6,8,10-11,13H,7,9,14H2,1-2H3. The van der Waals surface area contributed by atoms with Crippen LogP contribution in [-0.4, -0.2) is 26.1 Å². The molecule has 0 fully saturated rings. The summed E-state index contributed by atoms with van der Waals surface area (Å²) in [5, 5.41) is 14.0. The van der Waals surface area contributed by atoms with Gasteiger partial charge in [-0.25, -0.2) is 4.98 Å². The van der Waals surface area contributed by atoms with E-state index in [0.29, 0.717) is 17.8 Å². The number of rotatable bonds is 2. The number of hydrogen-bond acceptors (Lipinski definition) is 6. The molecule has 1 aromatic carbocycles. The van der Waals surface area contributed by atoms with Crippen molar-refractivity contribution >= 4 is 11.5 Å². The average molecular weight is 408 g/mol. The van der Waals surface area contributed by atoms with E-state index in [-0.39, 0.29) is 5.56 Å². The summed E-state index contributed by atoms with van der Waals surface area (Å²) in [6.45, 7) is 5.38. The summed E-state index contributed by atoms with van der Waals surface area (Å²) in [5.41, 5.74) is 7.18. The molecule has 0 saturated carbocycles. The maximum atomic E-state index is 12.2. The van der Waals surface area contributed by atoms with Crippen molar-refractivity contribution in [3.05, 3.63) is 87.1 Å². The van der Waals surface area contributed by atoms with Crippen molar-refractivity contribution in [2.75, 3.05) is 11.4 Å². The second kappa shape index (κ2) is 7.33. The van der Waals surface area contributed by atoms with E-state index >= 15 is 0 Å². The number of aromatic nitrogens is 4. The van der Waals surface area contributed by atoms with Crippen LogP contribution in [0.1, 0.15) is 27.9 Å². The molecule has 1 aliphatic rings. The van der Waals surface area contributed by atoms with Crippen LogP contribution in [0.25, 0.3) is 16.8 Å². The molecule has 5 rings (SSSR count). The Hall–Kier alpha value is -4.05. The van der Waals surface area contributed by atoms with Crippen LogP contribution in [0.15, 0.2) is 53.6 Å². The molecule has 4 heterocycles. The van der Waals surface area contributed by atoms with Crippen molar-refractivity contribution < 1.29 is 0 Å². The van der Waals surface area contributed by atoms with Crippen molar-refractivity contribution in [1.29, 1.82) is 5.26 Å². The second-order valence-corrected chi connectivity index (χ2v) is 7.80. The van der Waals surface area contributed by atoms with Gasteiger partial charge in [-0.2, -0.15) is 9.78 Å². The molecule has 0 unspecified atom stereocenters. The molecule has 7 nitrogen and oxygen atoms in total. The van der Waals surface area contributed by atoms with Crippen LogP contribution in [-0.2, 0) is 13.0 Å². The molecule has 152 valence electrons. The minimum Gasteiger partial charge on any atom is -0.350 e. The van der Waals surface area contributed by atoms with Gasteiger partial charge in [-0.05, 0) is 54.3 Å². The van der Waals surface area contributed by atoms with Crippen LogP contribution in [0.4, 0.5) is 5.82 Å². The van der Waals surface area contributed by atoms with Crippen LogP contribution >= 0.6 is 0 Å². The average Bonchev–Trinajstić information content (AvgIpc) is 2.78. The van der Waals surface area contributed by atoms with E-state index in [1.54, 1.807) is 0 Å². The third-order valence-corrected chi connectivity index (χ3v) is 5.85. The van der Waals surface area contributed by atoms with Gasteiger partial charge in [0.1, 0.15) is 0 Å². The molecule has 3 aromatic heterocycles. The first-order valence-electron chi connectivity index (χ1n) is 10.1. The fourth-order valence-electron chi connectivity index (χ4n) is 4.18. The highest BCUT2D eigenvalue weighted by Crippen LogP contribution is 2.30. The van der Waals surface area contributed by atoms with Gasteiger partial charge in [0.25, 0.3) is 5.56 Å². The molecule has 0 amide bonds. The lowest BCUT2D eigenvalue weighted by Crippen LogP contribution is -2.33. The van der Waals surface area contributed by atoms with E-state index in [1.165, 1.54) is 16.8 Å². The Morgan fingerprint density at radius 2 is 2.00 bits per heavy atom. The van der Waals surface area contributed by atoms with Gasteiger partial charge in [0, 0.05) is 49.2 Å². The lowest BCUT2D eigenvalue weighted by molar-refractivity contribution is 0.685. The summed E-state index contributed by atoms with van der Waals surface area (Å²) in [5.74, 6) is 0.779. The van der Waals surface area contributed by atoms with Crippen molar-refractivity contribution in [3.63, 3.8) is 0 Å². The number of nitriles is 1. The van der Waals surface area contributed by atoms with Gasteiger partial charge in [-0.1, -0.05) is 12.1 Å². The van der Waals surface area contributed by atoms with Crippen molar-refractivity contribution in [1.82, 2.24) is 19.6 Å². The van der Waals surface area contributed by atoms with Gasteiger partial charge in [0.15, 0.2) is 11.5 Å². The highest BCUT2D eigenvalue weighted by Gasteiger charge is 2.22. The number of fused-ring (bicyclic) bond motifs is 2. The fourth-order valence-corrected chi connectivity index (χ4v) is 4.18. The smallest absolute Gasteiger partial charge is 0.274 e. The Morgan fingerprint density at radius 3 is 2.84 bits per heavy atom. The van der Waals surface area contributed by atoms with Gasteiger partial charge in [-0.3, -0.25) is 9.78 Å². The highest BCUT2D eigenvalue weighted by molar-refractivity contribution is 5.70. The number of hydrogen-bond donors (Lipinski definition) is 0. The number of nitrogens with zero attached hydrogens (tertiary/aromatic N) is 6. The van der Waals surface area contributed by atoms with Crippen LogP contribution in [0.3, 0.4) is 0 Å². The molecule has 0 atom stereocenters. The van der Waals surface area contributed by atoms with E-state index in [1.807, 2.05) is 44.3 Å². The SMILES string of the molecule is Cc1cc2nccc(=O)n2nc1N1CCc2ncc(-c3cccc(C#N)c3C)cc2C1. The topological polar surface area (TPSA) is 87.2 Å². The monoisotopic (exact) mass is 408 g/mol. The molecule has 0 aliphatic carbocycles. The Balaban J connectivity index is 1.54. The summed E-state index contributed by atoms with van der Waals surface area (Å²) in [6.07, 6.45) is 4.20. The Bertz CT molecular complexity index is 1430. The van der Waals surface area contributed by atoms with Gasteiger partial charge in [-0.15, -0.1) is 5.10 Å². The minimum absolute atomic E-state index is 0.194. The van der Waals surface area contributed by atoms with Crippen molar-refractivity contribution in [2.45, 2.75) is 26.8 Å². The Morgan fingerprint density at radius 1 is 1.13 bits per heavy atom. The summed E-state index contributed by atoms with van der Waals surface area (Å²) in [4.78, 5) is 23.4. The first-order valence-corrected chi connectivity index (χ1v) is 10.1. The predicted octanol–water partition coefficient (Wildman–Crippen LogP) is 3.20. The number of aryl methyl sites for hydroxylation is 1. The number of benzene rings is 1. The molecule has 1 aliphatic heterocycles. The van der Waals surface area contributed by atoms with E-state index < -0.39 is 0 Å². The lowest BCUT2D eigenvalue weighted by atomic mass is 9.95. The molecule has 0 radical (unpaired) electrons. The molecule has 7 heteroatoms. The second-order valence-electron chi connectivity index (χ2n) is 7.80. The number of anilines is 1. The lowest BCUT2D eigenvalue weighted by Gasteiger charge is -2.30. The fraction of sp³-hybridized carbons (Fsp3) is 0.208. The summed E-state index contributed by atoms with van der Waals surface area (Å²) in [7, 11) is 0. The molecular weight excluding hydrogens is 388 g/mol. The zero-order valence-electron chi connectivity index (χ0n) is 17.3. The van der Waals surface area contributed by atoms with Crippen LogP contribution in [0, 0.1) is 25.2 Å². The van der Waals surface area contributed by atoms with Gasteiger partial charge in [0.05, 0.1) is 11.6 Å². The van der Waals surface area contributed by atoms with Crippen LogP contribution < -0.4 is 10.5 Å². The zero-order chi connectivity index (χ0) is 21.5. The normalized spacial score (nSPS) is 13.1. The van der Waals surface area contributed by atoms with Gasteiger partial charge >= 0.3 is 0 Å². The predicted molar refractivity (Wildman–Crippen MR) is 118 cm³/mol. The third kappa shape index (κ3) is 3.22. The van der Waals surface area contributed by atoms with Crippen molar-refractivity contribution in [2.24, 2.45) is 0 Å².